The molecule has 0 aromatic heterocycles. The summed E-state index contributed by atoms with van der Waals surface area (Å²) in [6.07, 6.45) is -0.0380. The van der Waals surface area contributed by atoms with E-state index in [1.54, 1.807) is 12.1 Å². The highest BCUT2D eigenvalue weighted by Gasteiger charge is 2.20. The third-order valence-corrected chi connectivity index (χ3v) is 3.87. The van der Waals surface area contributed by atoms with Crippen LogP contribution in [-0.4, -0.2) is 38.6 Å². The normalized spacial score (nSPS) is 10.4. The molecule has 2 rings (SSSR count). The summed E-state index contributed by atoms with van der Waals surface area (Å²) in [6.45, 7) is 5.17. The molecule has 0 radical (unpaired) electrons. The first-order chi connectivity index (χ1) is 12.8. The smallest absolute Gasteiger partial charge is 0.244 e. The number of carbonyl (C=O) groups excluding carboxylic acids is 2. The summed E-state index contributed by atoms with van der Waals surface area (Å²) in [4.78, 5) is 28.1. The average molecular weight is 369 g/mol. The highest BCUT2D eigenvalue weighted by molar-refractivity contribution is 6.02. The van der Waals surface area contributed by atoms with Crippen LogP contribution >= 0.6 is 0 Å². The van der Waals surface area contributed by atoms with E-state index >= 15 is 0 Å². The lowest BCUT2D eigenvalue weighted by Gasteiger charge is -2.24. The summed E-state index contributed by atoms with van der Waals surface area (Å²) in [7, 11) is 3.91. The van der Waals surface area contributed by atoms with E-state index in [1.165, 1.54) is 11.8 Å². The number of hydrogen-bond acceptors (Lipinski definition) is 4. The number of nitrogens with zero attached hydrogens (tertiary/aromatic N) is 2. The second-order valence-electron chi connectivity index (χ2n) is 6.73. The fourth-order valence-electron chi connectivity index (χ4n) is 2.59. The molecule has 2 aromatic carbocycles. The van der Waals surface area contributed by atoms with Gasteiger partial charge in [-0.3, -0.25) is 14.5 Å². The number of nitrogens with one attached hydrogen (secondary N) is 1. The molecule has 0 heterocycles. The van der Waals surface area contributed by atoms with Crippen LogP contribution < -0.4 is 19.9 Å². The molecule has 0 aliphatic carbocycles. The Labute approximate surface area is 160 Å². The Balaban J connectivity index is 2.14. The SMILES string of the molecule is CC(=O)N(CC(=O)Nc1ccc(N(C)C)cc1)c1ccccc1OC(C)C. The molecule has 0 fully saturated rings. The quantitative estimate of drug-likeness (QED) is 0.811. The Bertz CT molecular complexity index is 786. The van der Waals surface area contributed by atoms with E-state index in [9.17, 15) is 9.59 Å². The Hall–Kier alpha value is -3.02. The molecule has 0 unspecified atom stereocenters. The zero-order valence-electron chi connectivity index (χ0n) is 16.5. The topological polar surface area (TPSA) is 61.9 Å². The predicted octanol–water partition coefficient (Wildman–Crippen LogP) is 3.53. The molecule has 0 spiro atoms. The summed E-state index contributed by atoms with van der Waals surface area (Å²) in [5, 5.41) is 2.83. The van der Waals surface area contributed by atoms with Crippen LogP contribution in [0.3, 0.4) is 0 Å². The van der Waals surface area contributed by atoms with Gasteiger partial charge in [-0.25, -0.2) is 0 Å². The zero-order valence-corrected chi connectivity index (χ0v) is 16.5. The summed E-state index contributed by atoms with van der Waals surface area (Å²) in [6, 6.07) is 14.7. The van der Waals surface area contributed by atoms with Crippen LogP contribution in [0.25, 0.3) is 0 Å². The van der Waals surface area contributed by atoms with E-state index in [0.29, 0.717) is 17.1 Å². The number of amides is 2. The Morgan fingerprint density at radius 1 is 1.04 bits per heavy atom. The molecular formula is C21H27N3O3. The third-order valence-electron chi connectivity index (χ3n) is 3.87. The monoisotopic (exact) mass is 369 g/mol. The van der Waals surface area contributed by atoms with Gasteiger partial charge in [0.1, 0.15) is 12.3 Å². The van der Waals surface area contributed by atoms with Gasteiger partial charge in [0, 0.05) is 32.4 Å². The lowest BCUT2D eigenvalue weighted by atomic mass is 10.2. The van der Waals surface area contributed by atoms with E-state index in [1.807, 2.05) is 69.2 Å². The second-order valence-corrected chi connectivity index (χ2v) is 6.73. The molecule has 1 N–H and O–H groups in total. The van der Waals surface area contributed by atoms with Crippen molar-refractivity contribution in [1.29, 1.82) is 0 Å². The Kier molecular flexibility index (Phi) is 6.82. The van der Waals surface area contributed by atoms with E-state index in [-0.39, 0.29) is 24.5 Å². The van der Waals surface area contributed by atoms with Crippen LogP contribution in [0.15, 0.2) is 48.5 Å². The lowest BCUT2D eigenvalue weighted by molar-refractivity contribution is -0.120. The minimum atomic E-state index is -0.276. The van der Waals surface area contributed by atoms with Gasteiger partial charge in [0.05, 0.1) is 11.8 Å². The van der Waals surface area contributed by atoms with Crippen LogP contribution in [0.5, 0.6) is 5.75 Å². The highest BCUT2D eigenvalue weighted by atomic mass is 16.5. The first-order valence-electron chi connectivity index (χ1n) is 8.89. The van der Waals surface area contributed by atoms with E-state index in [0.717, 1.165) is 5.69 Å². The molecule has 0 saturated carbocycles. The van der Waals surface area contributed by atoms with Gasteiger partial charge in [0.25, 0.3) is 0 Å². The predicted molar refractivity (Wildman–Crippen MR) is 110 cm³/mol. The van der Waals surface area contributed by atoms with Gasteiger partial charge in [0.15, 0.2) is 0 Å². The first kappa shape index (κ1) is 20.3. The molecule has 6 heteroatoms. The van der Waals surface area contributed by atoms with Crippen molar-refractivity contribution in [2.75, 3.05) is 35.8 Å². The molecule has 2 amide bonds. The van der Waals surface area contributed by atoms with Gasteiger partial charge >= 0.3 is 0 Å². The molecule has 2 aromatic rings. The van der Waals surface area contributed by atoms with Crippen molar-refractivity contribution in [2.24, 2.45) is 0 Å². The van der Waals surface area contributed by atoms with Gasteiger partial charge in [-0.1, -0.05) is 12.1 Å². The van der Waals surface area contributed by atoms with Gasteiger partial charge in [-0.15, -0.1) is 0 Å². The summed E-state index contributed by atoms with van der Waals surface area (Å²) >= 11 is 0. The van der Waals surface area contributed by atoms with Gasteiger partial charge in [-0.05, 0) is 50.2 Å². The standard InChI is InChI=1S/C21H27N3O3/c1-15(2)27-20-9-7-6-8-19(20)24(16(3)25)14-21(26)22-17-10-12-18(13-11-17)23(4)5/h6-13,15H,14H2,1-5H3,(H,22,26). The molecule has 0 aliphatic rings. The van der Waals surface area contributed by atoms with Crippen LogP contribution in [0.4, 0.5) is 17.1 Å². The Morgan fingerprint density at radius 2 is 1.67 bits per heavy atom. The number of hydrogen-bond donors (Lipinski definition) is 1. The van der Waals surface area contributed by atoms with Crippen molar-refractivity contribution in [1.82, 2.24) is 0 Å². The fourth-order valence-corrected chi connectivity index (χ4v) is 2.59. The molecule has 0 bridgehead atoms. The lowest BCUT2D eigenvalue weighted by Crippen LogP contribution is -2.37. The second kappa shape index (κ2) is 9.07. The summed E-state index contributed by atoms with van der Waals surface area (Å²) < 4.78 is 5.78. The molecule has 144 valence electrons. The summed E-state index contributed by atoms with van der Waals surface area (Å²) in [5.74, 6) is 0.0703. The van der Waals surface area contributed by atoms with Crippen LogP contribution in [0, 0.1) is 0 Å². The molecule has 0 saturated heterocycles. The minimum absolute atomic E-state index is 0.0380. The average Bonchev–Trinajstić information content (AvgIpc) is 2.60. The molecule has 6 nitrogen and oxygen atoms in total. The number of benzene rings is 2. The first-order valence-corrected chi connectivity index (χ1v) is 8.89. The van der Waals surface area contributed by atoms with Crippen LogP contribution in [0.1, 0.15) is 20.8 Å². The van der Waals surface area contributed by atoms with Crippen molar-refractivity contribution < 1.29 is 14.3 Å². The maximum atomic E-state index is 12.5. The number of rotatable bonds is 7. The number of para-hydroxylation sites is 2. The molecule has 0 atom stereocenters. The van der Waals surface area contributed by atoms with Crippen molar-refractivity contribution in [3.8, 4) is 5.75 Å². The molecule has 0 aliphatic heterocycles. The number of ether oxygens (including phenoxy) is 1. The highest BCUT2D eigenvalue weighted by Crippen LogP contribution is 2.29. The minimum Gasteiger partial charge on any atom is -0.489 e. The van der Waals surface area contributed by atoms with E-state index in [4.69, 9.17) is 4.74 Å². The number of anilines is 3. The van der Waals surface area contributed by atoms with Crippen LogP contribution in [0.2, 0.25) is 0 Å². The van der Waals surface area contributed by atoms with Crippen molar-refractivity contribution in [3.63, 3.8) is 0 Å². The third kappa shape index (κ3) is 5.74. The number of carbonyl (C=O) groups is 2. The van der Waals surface area contributed by atoms with Gasteiger partial charge in [0.2, 0.25) is 11.8 Å². The molecule has 27 heavy (non-hydrogen) atoms. The zero-order chi connectivity index (χ0) is 20.0. The Morgan fingerprint density at radius 3 is 2.22 bits per heavy atom. The maximum Gasteiger partial charge on any atom is 0.244 e. The van der Waals surface area contributed by atoms with Crippen molar-refractivity contribution >= 4 is 28.9 Å². The summed E-state index contributed by atoms with van der Waals surface area (Å²) in [5.41, 5.74) is 2.30. The molecular weight excluding hydrogens is 342 g/mol. The van der Waals surface area contributed by atoms with Gasteiger partial charge in [-0.2, -0.15) is 0 Å². The van der Waals surface area contributed by atoms with Crippen molar-refractivity contribution in [3.05, 3.63) is 48.5 Å². The van der Waals surface area contributed by atoms with Gasteiger partial charge < -0.3 is 15.0 Å². The van der Waals surface area contributed by atoms with Crippen LogP contribution in [-0.2, 0) is 9.59 Å². The fraction of sp³-hybridized carbons (Fsp3) is 0.333. The van der Waals surface area contributed by atoms with E-state index in [2.05, 4.69) is 5.32 Å². The largest absolute Gasteiger partial charge is 0.489 e. The van der Waals surface area contributed by atoms with Crippen molar-refractivity contribution in [2.45, 2.75) is 26.9 Å². The van der Waals surface area contributed by atoms with E-state index < -0.39 is 0 Å². The maximum absolute atomic E-state index is 12.5.